The standard InChI is InChI=1S/C15H18N2O2/c1-10-5-6-16-8-12(10)9-17-11(2)14-4-3-13(18)7-15(14)19/h3-8,11,17-19H,9H2,1-2H3. The summed E-state index contributed by atoms with van der Waals surface area (Å²) in [4.78, 5) is 4.10. The smallest absolute Gasteiger partial charge is 0.124 e. The Morgan fingerprint density at radius 2 is 2.05 bits per heavy atom. The molecule has 1 aromatic carbocycles. The van der Waals surface area contributed by atoms with E-state index in [2.05, 4.69) is 10.3 Å². The van der Waals surface area contributed by atoms with Gasteiger partial charge in [0.2, 0.25) is 0 Å². The van der Waals surface area contributed by atoms with Crippen LogP contribution in [0.1, 0.15) is 29.7 Å². The maximum absolute atomic E-state index is 9.80. The SMILES string of the molecule is Cc1ccncc1CNC(C)c1ccc(O)cc1O. The second-order valence-corrected chi connectivity index (χ2v) is 4.65. The second kappa shape index (κ2) is 5.71. The average Bonchev–Trinajstić information content (AvgIpc) is 2.37. The van der Waals surface area contributed by atoms with Gasteiger partial charge in [-0.3, -0.25) is 4.98 Å². The van der Waals surface area contributed by atoms with Gasteiger partial charge in [0, 0.05) is 36.6 Å². The van der Waals surface area contributed by atoms with Crippen molar-refractivity contribution in [3.63, 3.8) is 0 Å². The summed E-state index contributed by atoms with van der Waals surface area (Å²) in [6, 6.07) is 6.60. The zero-order valence-electron chi connectivity index (χ0n) is 11.1. The predicted molar refractivity (Wildman–Crippen MR) is 74.0 cm³/mol. The number of hydrogen-bond donors (Lipinski definition) is 3. The molecule has 0 bridgehead atoms. The molecule has 2 rings (SSSR count). The van der Waals surface area contributed by atoms with Crippen LogP contribution in [0.25, 0.3) is 0 Å². The van der Waals surface area contributed by atoms with Gasteiger partial charge in [-0.15, -0.1) is 0 Å². The Kier molecular flexibility index (Phi) is 4.02. The summed E-state index contributed by atoms with van der Waals surface area (Å²) < 4.78 is 0. The Labute approximate surface area is 112 Å². The van der Waals surface area contributed by atoms with Gasteiger partial charge in [-0.2, -0.15) is 0 Å². The Bertz CT molecular complexity index is 570. The van der Waals surface area contributed by atoms with E-state index < -0.39 is 0 Å². The Balaban J connectivity index is 2.05. The molecule has 0 radical (unpaired) electrons. The first-order valence-electron chi connectivity index (χ1n) is 6.22. The maximum atomic E-state index is 9.80. The van der Waals surface area contributed by atoms with Crippen LogP contribution in [-0.2, 0) is 6.54 Å². The number of benzene rings is 1. The Morgan fingerprint density at radius 3 is 2.74 bits per heavy atom. The number of nitrogens with one attached hydrogen (secondary N) is 1. The van der Waals surface area contributed by atoms with Gasteiger partial charge in [0.25, 0.3) is 0 Å². The van der Waals surface area contributed by atoms with Crippen molar-refractivity contribution >= 4 is 0 Å². The molecule has 0 saturated heterocycles. The van der Waals surface area contributed by atoms with Gasteiger partial charge in [-0.25, -0.2) is 0 Å². The lowest BCUT2D eigenvalue weighted by molar-refractivity contribution is 0.436. The number of pyridine rings is 1. The third kappa shape index (κ3) is 3.23. The molecule has 1 unspecified atom stereocenters. The van der Waals surface area contributed by atoms with Crippen molar-refractivity contribution < 1.29 is 10.2 Å². The highest BCUT2D eigenvalue weighted by Crippen LogP contribution is 2.27. The van der Waals surface area contributed by atoms with Crippen molar-refractivity contribution in [2.24, 2.45) is 0 Å². The molecule has 1 atom stereocenters. The van der Waals surface area contributed by atoms with Gasteiger partial charge in [0.15, 0.2) is 0 Å². The third-order valence-electron chi connectivity index (χ3n) is 3.23. The van der Waals surface area contributed by atoms with Crippen LogP contribution in [0.2, 0.25) is 0 Å². The lowest BCUT2D eigenvalue weighted by Gasteiger charge is -2.16. The van der Waals surface area contributed by atoms with Crippen molar-refractivity contribution in [2.45, 2.75) is 26.4 Å². The van der Waals surface area contributed by atoms with Crippen molar-refractivity contribution in [1.29, 1.82) is 0 Å². The summed E-state index contributed by atoms with van der Waals surface area (Å²) >= 11 is 0. The summed E-state index contributed by atoms with van der Waals surface area (Å²) in [5.41, 5.74) is 3.08. The summed E-state index contributed by atoms with van der Waals surface area (Å²) in [7, 11) is 0. The van der Waals surface area contributed by atoms with Gasteiger partial charge in [0.1, 0.15) is 11.5 Å². The van der Waals surface area contributed by atoms with Gasteiger partial charge < -0.3 is 15.5 Å². The molecule has 2 aromatic rings. The van der Waals surface area contributed by atoms with Gasteiger partial charge in [-0.05, 0) is 37.1 Å². The van der Waals surface area contributed by atoms with E-state index in [-0.39, 0.29) is 17.5 Å². The van der Waals surface area contributed by atoms with Gasteiger partial charge in [0.05, 0.1) is 0 Å². The molecule has 4 heteroatoms. The molecule has 1 aromatic heterocycles. The van der Waals surface area contributed by atoms with Crippen LogP contribution in [0.3, 0.4) is 0 Å². The van der Waals surface area contributed by atoms with E-state index in [1.54, 1.807) is 18.3 Å². The fourth-order valence-electron chi connectivity index (χ4n) is 1.95. The van der Waals surface area contributed by atoms with Gasteiger partial charge in [-0.1, -0.05) is 6.07 Å². The number of nitrogens with zero attached hydrogens (tertiary/aromatic N) is 1. The largest absolute Gasteiger partial charge is 0.508 e. The summed E-state index contributed by atoms with van der Waals surface area (Å²) in [5.74, 6) is 0.166. The van der Waals surface area contributed by atoms with Crippen molar-refractivity contribution in [1.82, 2.24) is 10.3 Å². The fraction of sp³-hybridized carbons (Fsp3) is 0.267. The Hall–Kier alpha value is -2.07. The highest BCUT2D eigenvalue weighted by Gasteiger charge is 2.10. The number of aromatic nitrogens is 1. The van der Waals surface area contributed by atoms with Gasteiger partial charge >= 0.3 is 0 Å². The summed E-state index contributed by atoms with van der Waals surface area (Å²) in [5, 5.41) is 22.4. The van der Waals surface area contributed by atoms with Crippen LogP contribution < -0.4 is 5.32 Å². The fourth-order valence-corrected chi connectivity index (χ4v) is 1.95. The number of aryl methyl sites for hydroxylation is 1. The highest BCUT2D eigenvalue weighted by atomic mass is 16.3. The summed E-state index contributed by atoms with van der Waals surface area (Å²) in [6.07, 6.45) is 3.61. The summed E-state index contributed by atoms with van der Waals surface area (Å²) in [6.45, 7) is 4.69. The van der Waals surface area contributed by atoms with E-state index in [4.69, 9.17) is 0 Å². The minimum absolute atomic E-state index is 0.0137. The van der Waals surface area contributed by atoms with Crippen LogP contribution in [0.5, 0.6) is 11.5 Å². The molecular formula is C15H18N2O2. The maximum Gasteiger partial charge on any atom is 0.124 e. The van der Waals surface area contributed by atoms with Crippen molar-refractivity contribution in [3.05, 3.63) is 53.3 Å². The van der Waals surface area contributed by atoms with E-state index in [1.165, 1.54) is 11.6 Å². The highest BCUT2D eigenvalue weighted by molar-refractivity contribution is 5.40. The second-order valence-electron chi connectivity index (χ2n) is 4.65. The van der Waals surface area contributed by atoms with E-state index in [1.807, 2.05) is 26.1 Å². The monoisotopic (exact) mass is 258 g/mol. The predicted octanol–water partition coefficient (Wildman–Crippen LogP) is 2.65. The molecule has 3 N–H and O–H groups in total. The minimum atomic E-state index is -0.0137. The van der Waals surface area contributed by atoms with E-state index >= 15 is 0 Å². The molecule has 100 valence electrons. The molecule has 0 saturated carbocycles. The topological polar surface area (TPSA) is 65.4 Å². The number of phenols is 2. The van der Waals surface area contributed by atoms with E-state index in [0.717, 1.165) is 11.1 Å². The molecule has 0 aliphatic heterocycles. The van der Waals surface area contributed by atoms with Crippen LogP contribution >= 0.6 is 0 Å². The van der Waals surface area contributed by atoms with Crippen LogP contribution in [0.15, 0.2) is 36.7 Å². The molecule has 0 fully saturated rings. The quantitative estimate of drug-likeness (QED) is 0.788. The first-order chi connectivity index (χ1) is 9.08. The first-order valence-corrected chi connectivity index (χ1v) is 6.22. The molecular weight excluding hydrogens is 240 g/mol. The van der Waals surface area contributed by atoms with Crippen LogP contribution in [0, 0.1) is 6.92 Å². The number of hydrogen-bond acceptors (Lipinski definition) is 4. The minimum Gasteiger partial charge on any atom is -0.508 e. The lowest BCUT2D eigenvalue weighted by Crippen LogP contribution is -2.18. The number of phenolic OH excluding ortho intramolecular Hbond substituents is 2. The third-order valence-corrected chi connectivity index (χ3v) is 3.23. The molecule has 0 amide bonds. The normalized spacial score (nSPS) is 12.3. The number of rotatable bonds is 4. The lowest BCUT2D eigenvalue weighted by atomic mass is 10.1. The Morgan fingerprint density at radius 1 is 1.26 bits per heavy atom. The van der Waals surface area contributed by atoms with Crippen LogP contribution in [-0.4, -0.2) is 15.2 Å². The van der Waals surface area contributed by atoms with E-state index in [0.29, 0.717) is 6.54 Å². The molecule has 0 aliphatic carbocycles. The molecule has 4 nitrogen and oxygen atoms in total. The van der Waals surface area contributed by atoms with Crippen LogP contribution in [0.4, 0.5) is 0 Å². The van der Waals surface area contributed by atoms with E-state index in [9.17, 15) is 10.2 Å². The molecule has 19 heavy (non-hydrogen) atoms. The molecule has 1 heterocycles. The zero-order chi connectivity index (χ0) is 13.8. The molecule has 0 aliphatic rings. The molecule has 0 spiro atoms. The number of aromatic hydroxyl groups is 2. The van der Waals surface area contributed by atoms with Crippen molar-refractivity contribution in [3.8, 4) is 11.5 Å². The zero-order valence-corrected chi connectivity index (χ0v) is 11.1. The average molecular weight is 258 g/mol. The first kappa shape index (κ1) is 13.4. The van der Waals surface area contributed by atoms with Crippen molar-refractivity contribution in [2.75, 3.05) is 0 Å².